The molecular formula is C25H33N. The summed E-state index contributed by atoms with van der Waals surface area (Å²) in [7, 11) is 0. The van der Waals surface area contributed by atoms with Crippen molar-refractivity contribution in [1.29, 1.82) is 0 Å². The standard InChI is InChI=1S/C25H33N/c1-2-23(25-12-19-6-20(13-25)8-21(7-19)14-25)26-15-22(1)24-9-16-3-17(10-24)5-18(4-16)11-24/h1-2,15-21H,3-14H2. The molecule has 1 heteroatoms. The van der Waals surface area contributed by atoms with Crippen LogP contribution >= 0.6 is 0 Å². The first-order valence-corrected chi connectivity index (χ1v) is 11.7. The van der Waals surface area contributed by atoms with Gasteiger partial charge in [0, 0.05) is 17.3 Å². The summed E-state index contributed by atoms with van der Waals surface area (Å²) >= 11 is 0. The molecule has 1 nitrogen and oxygen atoms in total. The quantitative estimate of drug-likeness (QED) is 0.637. The van der Waals surface area contributed by atoms with Crippen molar-refractivity contribution in [1.82, 2.24) is 4.98 Å². The van der Waals surface area contributed by atoms with Crippen LogP contribution in [-0.4, -0.2) is 4.98 Å². The third-order valence-electron chi connectivity index (χ3n) is 10.00. The lowest BCUT2D eigenvalue weighted by molar-refractivity contribution is -0.00872. The van der Waals surface area contributed by atoms with Crippen molar-refractivity contribution >= 4 is 0 Å². The van der Waals surface area contributed by atoms with Crippen LogP contribution in [-0.2, 0) is 10.8 Å². The van der Waals surface area contributed by atoms with Crippen LogP contribution in [0.25, 0.3) is 0 Å². The second-order valence-corrected chi connectivity index (χ2v) is 11.8. The largest absolute Gasteiger partial charge is 0.260 e. The maximum absolute atomic E-state index is 5.23. The lowest BCUT2D eigenvalue weighted by Crippen LogP contribution is -2.49. The first kappa shape index (κ1) is 15.1. The summed E-state index contributed by atoms with van der Waals surface area (Å²) in [5, 5.41) is 0. The minimum Gasteiger partial charge on any atom is -0.260 e. The van der Waals surface area contributed by atoms with E-state index in [4.69, 9.17) is 4.98 Å². The third kappa shape index (κ3) is 2.01. The Hall–Kier alpha value is -0.850. The maximum atomic E-state index is 5.23. The molecule has 8 fully saturated rings. The molecule has 8 bridgehead atoms. The summed E-state index contributed by atoms with van der Waals surface area (Å²) in [6, 6.07) is 5.05. The molecule has 138 valence electrons. The predicted molar refractivity (Wildman–Crippen MR) is 104 cm³/mol. The predicted octanol–water partition coefficient (Wildman–Crippen LogP) is 6.02. The molecule has 0 atom stereocenters. The zero-order chi connectivity index (χ0) is 16.9. The van der Waals surface area contributed by atoms with E-state index in [2.05, 4.69) is 18.3 Å². The van der Waals surface area contributed by atoms with Crippen LogP contribution in [0.5, 0.6) is 0 Å². The summed E-state index contributed by atoms with van der Waals surface area (Å²) in [6.07, 6.45) is 20.3. The van der Waals surface area contributed by atoms with Crippen LogP contribution < -0.4 is 0 Å². The smallest absolute Gasteiger partial charge is 0.0465 e. The Morgan fingerprint density at radius 3 is 1.38 bits per heavy atom. The van der Waals surface area contributed by atoms with Crippen LogP contribution in [0.15, 0.2) is 18.3 Å². The summed E-state index contributed by atoms with van der Waals surface area (Å²) in [5.74, 6) is 6.15. The molecule has 0 saturated heterocycles. The van der Waals surface area contributed by atoms with Crippen molar-refractivity contribution in [2.24, 2.45) is 35.5 Å². The normalized spacial score (nSPS) is 53.4. The number of hydrogen-bond donors (Lipinski definition) is 0. The van der Waals surface area contributed by atoms with Gasteiger partial charge in [-0.1, -0.05) is 6.07 Å². The van der Waals surface area contributed by atoms with Gasteiger partial charge < -0.3 is 0 Å². The zero-order valence-electron chi connectivity index (χ0n) is 16.1. The fraction of sp³-hybridized carbons (Fsp3) is 0.800. The minimum absolute atomic E-state index is 0.467. The van der Waals surface area contributed by atoms with Crippen LogP contribution in [0.3, 0.4) is 0 Å². The van der Waals surface area contributed by atoms with E-state index in [0.717, 1.165) is 35.5 Å². The van der Waals surface area contributed by atoms with Crippen molar-refractivity contribution in [2.45, 2.75) is 87.9 Å². The fourth-order valence-electron chi connectivity index (χ4n) is 9.91. The average molecular weight is 348 g/mol. The highest BCUT2D eigenvalue weighted by Gasteiger charge is 2.53. The SMILES string of the molecule is c1cc(C23CC4CC(CC(C4)C2)C3)ncc1C12CC3CC(CC(C3)C1)C2. The highest BCUT2D eigenvalue weighted by Crippen LogP contribution is 2.62. The molecule has 0 radical (unpaired) electrons. The molecule has 0 spiro atoms. The molecule has 0 aromatic carbocycles. The second kappa shape index (κ2) is 4.95. The molecule has 8 saturated carbocycles. The van der Waals surface area contributed by atoms with Crippen molar-refractivity contribution < 1.29 is 0 Å². The van der Waals surface area contributed by atoms with Gasteiger partial charge in [-0.3, -0.25) is 4.98 Å². The summed E-state index contributed by atoms with van der Waals surface area (Å²) in [6.45, 7) is 0. The highest BCUT2D eigenvalue weighted by molar-refractivity contribution is 5.31. The van der Waals surface area contributed by atoms with E-state index in [9.17, 15) is 0 Å². The number of nitrogens with zero attached hydrogens (tertiary/aromatic N) is 1. The van der Waals surface area contributed by atoms with E-state index in [0.29, 0.717) is 10.8 Å². The molecule has 9 rings (SSSR count). The Balaban J connectivity index is 1.22. The molecule has 26 heavy (non-hydrogen) atoms. The van der Waals surface area contributed by atoms with E-state index < -0.39 is 0 Å². The lowest BCUT2D eigenvalue weighted by Gasteiger charge is -2.57. The Morgan fingerprint density at radius 1 is 0.577 bits per heavy atom. The van der Waals surface area contributed by atoms with E-state index in [1.807, 2.05) is 0 Å². The van der Waals surface area contributed by atoms with Gasteiger partial charge in [0.25, 0.3) is 0 Å². The van der Waals surface area contributed by atoms with Crippen molar-refractivity contribution in [3.63, 3.8) is 0 Å². The first-order valence-electron chi connectivity index (χ1n) is 11.7. The number of pyridine rings is 1. The van der Waals surface area contributed by atoms with E-state index in [1.165, 1.54) is 82.7 Å². The summed E-state index contributed by atoms with van der Waals surface area (Å²) < 4.78 is 0. The first-order chi connectivity index (χ1) is 12.7. The molecule has 1 aromatic heterocycles. The van der Waals surface area contributed by atoms with E-state index in [1.54, 1.807) is 5.56 Å². The van der Waals surface area contributed by atoms with Gasteiger partial charge in [0.1, 0.15) is 0 Å². The molecule has 0 unspecified atom stereocenters. The van der Waals surface area contributed by atoms with Crippen molar-refractivity contribution in [3.05, 3.63) is 29.6 Å². The molecule has 0 aliphatic heterocycles. The molecule has 1 heterocycles. The molecule has 8 aliphatic rings. The van der Waals surface area contributed by atoms with Gasteiger partial charge in [-0.05, 0) is 130 Å². The summed E-state index contributed by atoms with van der Waals surface area (Å²) in [5.41, 5.74) is 4.08. The zero-order valence-corrected chi connectivity index (χ0v) is 16.1. The third-order valence-corrected chi connectivity index (χ3v) is 10.00. The van der Waals surface area contributed by atoms with Gasteiger partial charge in [-0.15, -0.1) is 0 Å². The van der Waals surface area contributed by atoms with Crippen molar-refractivity contribution in [3.8, 4) is 0 Å². The van der Waals surface area contributed by atoms with Gasteiger partial charge >= 0.3 is 0 Å². The summed E-state index contributed by atoms with van der Waals surface area (Å²) in [4.78, 5) is 5.23. The van der Waals surface area contributed by atoms with E-state index in [-0.39, 0.29) is 0 Å². The van der Waals surface area contributed by atoms with Gasteiger partial charge in [-0.25, -0.2) is 0 Å². The number of hydrogen-bond acceptors (Lipinski definition) is 1. The Bertz CT molecular complexity index is 595. The highest BCUT2D eigenvalue weighted by atomic mass is 14.7. The monoisotopic (exact) mass is 347 g/mol. The second-order valence-electron chi connectivity index (χ2n) is 11.8. The number of rotatable bonds is 2. The maximum Gasteiger partial charge on any atom is 0.0465 e. The van der Waals surface area contributed by atoms with Gasteiger partial charge in [0.2, 0.25) is 0 Å². The molecular weight excluding hydrogens is 314 g/mol. The average Bonchev–Trinajstić information content (AvgIpc) is 2.60. The topological polar surface area (TPSA) is 12.9 Å². The fourth-order valence-corrected chi connectivity index (χ4v) is 9.91. The van der Waals surface area contributed by atoms with Crippen LogP contribution in [0.1, 0.15) is 88.3 Å². The Labute approximate surface area is 158 Å². The van der Waals surface area contributed by atoms with Crippen LogP contribution in [0, 0.1) is 35.5 Å². The lowest BCUT2D eigenvalue weighted by atomic mass is 9.47. The molecule has 8 aliphatic carbocycles. The molecule has 1 aromatic rings. The van der Waals surface area contributed by atoms with Crippen LogP contribution in [0.4, 0.5) is 0 Å². The Morgan fingerprint density at radius 2 is 1.00 bits per heavy atom. The minimum atomic E-state index is 0.467. The van der Waals surface area contributed by atoms with Crippen molar-refractivity contribution in [2.75, 3.05) is 0 Å². The van der Waals surface area contributed by atoms with Crippen LogP contribution in [0.2, 0.25) is 0 Å². The number of aromatic nitrogens is 1. The van der Waals surface area contributed by atoms with Gasteiger partial charge in [-0.2, -0.15) is 0 Å². The molecule has 0 amide bonds. The van der Waals surface area contributed by atoms with Gasteiger partial charge in [0.05, 0.1) is 0 Å². The van der Waals surface area contributed by atoms with Gasteiger partial charge in [0.15, 0.2) is 0 Å². The molecule has 0 N–H and O–H groups in total. The van der Waals surface area contributed by atoms with E-state index >= 15 is 0 Å². The Kier molecular flexibility index (Phi) is 2.88.